The minimum absolute atomic E-state index is 0.161. The average Bonchev–Trinajstić information content (AvgIpc) is 3.39. The minimum atomic E-state index is -0.161. The van der Waals surface area contributed by atoms with Crippen molar-refractivity contribution in [3.05, 3.63) is 41.7 Å². The van der Waals surface area contributed by atoms with E-state index in [1.807, 2.05) is 25.1 Å². The second-order valence-electron chi connectivity index (χ2n) is 6.92. The van der Waals surface area contributed by atoms with Crippen molar-refractivity contribution in [1.82, 2.24) is 29.9 Å². The number of halogens is 1. The summed E-state index contributed by atoms with van der Waals surface area (Å²) in [4.78, 5) is 27.7. The molecule has 1 atom stereocenters. The van der Waals surface area contributed by atoms with Crippen LogP contribution in [0.15, 0.2) is 30.9 Å². The molecule has 1 aromatic carbocycles. The summed E-state index contributed by atoms with van der Waals surface area (Å²) < 4.78 is 0. The molecule has 3 aromatic heterocycles. The van der Waals surface area contributed by atoms with Crippen LogP contribution in [0.5, 0.6) is 0 Å². The zero-order valence-corrected chi connectivity index (χ0v) is 16.1. The Morgan fingerprint density at radius 1 is 1.14 bits per heavy atom. The van der Waals surface area contributed by atoms with Crippen molar-refractivity contribution in [1.29, 1.82) is 0 Å². The van der Waals surface area contributed by atoms with E-state index in [9.17, 15) is 0 Å². The number of nitrogens with zero attached hydrogens (tertiary/aromatic N) is 6. The highest BCUT2D eigenvalue weighted by atomic mass is 35.5. The molecular formula is C19H19ClN8. The average molecular weight is 395 g/mol. The molecule has 0 bridgehead atoms. The molecule has 0 spiro atoms. The summed E-state index contributed by atoms with van der Waals surface area (Å²) in [5.41, 5.74) is 2.23. The zero-order valence-electron chi connectivity index (χ0n) is 15.4. The quantitative estimate of drug-likeness (QED) is 0.544. The maximum absolute atomic E-state index is 6.50. The number of benzene rings is 1. The van der Waals surface area contributed by atoms with Crippen LogP contribution in [0.1, 0.15) is 31.6 Å². The first kappa shape index (κ1) is 17.1. The Kier molecular flexibility index (Phi) is 4.20. The third kappa shape index (κ3) is 2.90. The molecule has 0 saturated carbocycles. The van der Waals surface area contributed by atoms with E-state index >= 15 is 0 Å². The molecule has 8 nitrogen and oxygen atoms in total. The van der Waals surface area contributed by atoms with Gasteiger partial charge in [0.2, 0.25) is 0 Å². The van der Waals surface area contributed by atoms with Gasteiger partial charge in [-0.3, -0.25) is 0 Å². The first-order valence-corrected chi connectivity index (χ1v) is 9.70. The van der Waals surface area contributed by atoms with Gasteiger partial charge in [0.1, 0.15) is 17.7 Å². The number of aromatic nitrogens is 6. The van der Waals surface area contributed by atoms with E-state index in [-0.39, 0.29) is 6.04 Å². The summed E-state index contributed by atoms with van der Waals surface area (Å²) in [5, 5.41) is 4.98. The maximum Gasteiger partial charge on any atom is 0.182 e. The summed E-state index contributed by atoms with van der Waals surface area (Å²) in [6.07, 6.45) is 5.43. The van der Waals surface area contributed by atoms with Crippen molar-refractivity contribution < 1.29 is 0 Å². The van der Waals surface area contributed by atoms with E-state index in [4.69, 9.17) is 21.6 Å². The fourth-order valence-electron chi connectivity index (χ4n) is 3.64. The molecule has 142 valence electrons. The highest BCUT2D eigenvalue weighted by molar-refractivity contribution is 6.36. The Hall–Kier alpha value is -3.00. The molecule has 1 unspecified atom stereocenters. The highest BCUT2D eigenvalue weighted by Gasteiger charge is 2.22. The van der Waals surface area contributed by atoms with E-state index < -0.39 is 0 Å². The van der Waals surface area contributed by atoms with Gasteiger partial charge in [-0.15, -0.1) is 0 Å². The number of H-pyrrole nitrogens is 1. The molecule has 28 heavy (non-hydrogen) atoms. The van der Waals surface area contributed by atoms with Crippen molar-refractivity contribution in [2.24, 2.45) is 0 Å². The molecule has 5 rings (SSSR count). The van der Waals surface area contributed by atoms with Crippen LogP contribution < -0.4 is 10.2 Å². The predicted octanol–water partition coefficient (Wildman–Crippen LogP) is 3.72. The van der Waals surface area contributed by atoms with E-state index in [0.717, 1.165) is 48.2 Å². The molecular weight excluding hydrogens is 376 g/mol. The second kappa shape index (κ2) is 6.87. The number of imidazole rings is 1. The maximum atomic E-state index is 6.50. The van der Waals surface area contributed by atoms with Gasteiger partial charge in [0, 0.05) is 13.1 Å². The normalized spacial score (nSPS) is 15.4. The second-order valence-corrected chi connectivity index (χ2v) is 7.33. The minimum Gasteiger partial charge on any atom is -0.358 e. The molecule has 1 fully saturated rings. The summed E-state index contributed by atoms with van der Waals surface area (Å²) in [6, 6.07) is 5.64. The first-order valence-electron chi connectivity index (χ1n) is 9.32. The van der Waals surface area contributed by atoms with E-state index in [2.05, 4.69) is 30.2 Å². The van der Waals surface area contributed by atoms with Crippen molar-refractivity contribution >= 4 is 45.3 Å². The van der Waals surface area contributed by atoms with Gasteiger partial charge >= 0.3 is 0 Å². The van der Waals surface area contributed by atoms with E-state index in [1.165, 1.54) is 6.33 Å². The first-order chi connectivity index (χ1) is 13.7. The molecule has 4 aromatic rings. The van der Waals surface area contributed by atoms with Gasteiger partial charge in [-0.2, -0.15) is 0 Å². The number of anilines is 2. The molecule has 2 N–H and O–H groups in total. The van der Waals surface area contributed by atoms with Crippen molar-refractivity contribution in [2.75, 3.05) is 23.3 Å². The molecule has 0 aliphatic carbocycles. The van der Waals surface area contributed by atoms with Crippen LogP contribution >= 0.6 is 11.6 Å². The van der Waals surface area contributed by atoms with Gasteiger partial charge < -0.3 is 15.2 Å². The highest BCUT2D eigenvalue weighted by Crippen LogP contribution is 2.33. The van der Waals surface area contributed by atoms with Crippen LogP contribution in [0.3, 0.4) is 0 Å². The standard InChI is InChI=1S/C19H19ClN8/c1-11(25-18-15-17(22-9-21-15)23-10-24-18)16-26-13-6-4-5-12(20)14(13)19(27-16)28-7-2-3-8-28/h4-6,9-11H,2-3,7-8H2,1H3,(H2,21,22,23,24,25). The fraction of sp³-hybridized carbons (Fsp3) is 0.316. The van der Waals surface area contributed by atoms with Crippen molar-refractivity contribution in [3.8, 4) is 0 Å². The van der Waals surface area contributed by atoms with Crippen LogP contribution in [0.2, 0.25) is 5.02 Å². The summed E-state index contributed by atoms with van der Waals surface area (Å²) in [7, 11) is 0. The molecule has 4 heterocycles. The Morgan fingerprint density at radius 2 is 2.00 bits per heavy atom. The lowest BCUT2D eigenvalue weighted by molar-refractivity contribution is 0.784. The lowest BCUT2D eigenvalue weighted by Crippen LogP contribution is -2.22. The van der Waals surface area contributed by atoms with Crippen LogP contribution in [0.25, 0.3) is 22.1 Å². The molecule has 1 aliphatic rings. The Bertz CT molecular complexity index is 1150. The number of hydrogen-bond donors (Lipinski definition) is 2. The van der Waals surface area contributed by atoms with Gasteiger partial charge in [-0.1, -0.05) is 17.7 Å². The monoisotopic (exact) mass is 394 g/mol. The summed E-state index contributed by atoms with van der Waals surface area (Å²) in [5.74, 6) is 2.28. The third-order valence-electron chi connectivity index (χ3n) is 5.04. The number of hydrogen-bond acceptors (Lipinski definition) is 7. The number of fused-ring (bicyclic) bond motifs is 2. The van der Waals surface area contributed by atoms with E-state index in [1.54, 1.807) is 6.33 Å². The fourth-order valence-corrected chi connectivity index (χ4v) is 3.89. The smallest absolute Gasteiger partial charge is 0.182 e. The Labute approximate surface area is 166 Å². The Morgan fingerprint density at radius 3 is 2.86 bits per heavy atom. The van der Waals surface area contributed by atoms with Crippen LogP contribution in [-0.4, -0.2) is 43.0 Å². The zero-order chi connectivity index (χ0) is 19.1. The molecule has 0 amide bonds. The van der Waals surface area contributed by atoms with Gasteiger partial charge in [0.25, 0.3) is 0 Å². The van der Waals surface area contributed by atoms with Gasteiger partial charge in [0.05, 0.1) is 28.3 Å². The van der Waals surface area contributed by atoms with Gasteiger partial charge in [-0.25, -0.2) is 24.9 Å². The largest absolute Gasteiger partial charge is 0.358 e. The molecule has 1 aliphatic heterocycles. The number of rotatable bonds is 4. The van der Waals surface area contributed by atoms with Crippen molar-refractivity contribution in [3.63, 3.8) is 0 Å². The SMILES string of the molecule is CC(Nc1ncnc2nc[nH]c12)c1nc(N2CCCC2)c2c(Cl)cccc2n1. The van der Waals surface area contributed by atoms with Crippen LogP contribution in [-0.2, 0) is 0 Å². The predicted molar refractivity (Wildman–Crippen MR) is 110 cm³/mol. The summed E-state index contributed by atoms with van der Waals surface area (Å²) in [6.45, 7) is 3.99. The van der Waals surface area contributed by atoms with Gasteiger partial charge in [-0.05, 0) is 31.9 Å². The molecule has 0 radical (unpaired) electrons. The van der Waals surface area contributed by atoms with Gasteiger partial charge in [0.15, 0.2) is 17.3 Å². The lowest BCUT2D eigenvalue weighted by atomic mass is 10.2. The summed E-state index contributed by atoms with van der Waals surface area (Å²) >= 11 is 6.50. The van der Waals surface area contributed by atoms with Crippen LogP contribution in [0.4, 0.5) is 11.6 Å². The number of nitrogens with one attached hydrogen (secondary N) is 2. The topological polar surface area (TPSA) is 95.5 Å². The third-order valence-corrected chi connectivity index (χ3v) is 5.35. The van der Waals surface area contributed by atoms with Crippen molar-refractivity contribution in [2.45, 2.75) is 25.8 Å². The Balaban J connectivity index is 1.57. The lowest BCUT2D eigenvalue weighted by Gasteiger charge is -2.22. The van der Waals surface area contributed by atoms with Crippen LogP contribution in [0, 0.1) is 0 Å². The molecule has 9 heteroatoms. The van der Waals surface area contributed by atoms with E-state index in [0.29, 0.717) is 22.3 Å². The molecule has 1 saturated heterocycles. The number of aromatic amines is 1.